The van der Waals surface area contributed by atoms with Crippen molar-refractivity contribution in [3.05, 3.63) is 47.2 Å². The second kappa shape index (κ2) is 5.87. The lowest BCUT2D eigenvalue weighted by atomic mass is 10.2. The maximum atomic E-state index is 11.9. The predicted octanol–water partition coefficient (Wildman–Crippen LogP) is 1.89. The standard InChI is InChI=1S/C12H9N3O3S/c16-10(17)2-1-8-5-9(7-13-6-8)11(18)15-12-14-3-4-19-12/h1-7H,(H,16,17)(H,14,15,18)/b2-1+. The number of pyridine rings is 1. The van der Waals surface area contributed by atoms with Crippen LogP contribution in [0.2, 0.25) is 0 Å². The van der Waals surface area contributed by atoms with Gasteiger partial charge in [-0.05, 0) is 17.7 Å². The SMILES string of the molecule is O=C(O)/C=C/c1cncc(C(=O)Nc2nccs2)c1. The summed E-state index contributed by atoms with van der Waals surface area (Å²) in [5.74, 6) is -1.40. The third-order valence-electron chi connectivity index (χ3n) is 2.09. The Kier molecular flexibility index (Phi) is 3.99. The molecule has 1 amide bonds. The van der Waals surface area contributed by atoms with Gasteiger partial charge in [-0.1, -0.05) is 0 Å². The van der Waals surface area contributed by atoms with Crippen molar-refractivity contribution in [1.29, 1.82) is 0 Å². The van der Waals surface area contributed by atoms with E-state index < -0.39 is 5.97 Å². The fourth-order valence-corrected chi connectivity index (χ4v) is 1.82. The molecule has 0 aliphatic carbocycles. The number of carboxylic acid groups (broad SMARTS) is 1. The monoisotopic (exact) mass is 275 g/mol. The van der Waals surface area contributed by atoms with E-state index in [2.05, 4.69) is 15.3 Å². The second-order valence-electron chi connectivity index (χ2n) is 3.47. The number of carbonyl (C=O) groups is 2. The highest BCUT2D eigenvalue weighted by Gasteiger charge is 2.08. The molecule has 19 heavy (non-hydrogen) atoms. The summed E-state index contributed by atoms with van der Waals surface area (Å²) in [5, 5.41) is 13.4. The van der Waals surface area contributed by atoms with E-state index in [0.29, 0.717) is 16.3 Å². The number of aliphatic carboxylic acids is 1. The molecule has 2 aromatic heterocycles. The van der Waals surface area contributed by atoms with Gasteiger partial charge in [-0.2, -0.15) is 0 Å². The first-order chi connectivity index (χ1) is 9.15. The number of aromatic nitrogens is 2. The molecule has 0 saturated carbocycles. The lowest BCUT2D eigenvalue weighted by Gasteiger charge is -2.01. The van der Waals surface area contributed by atoms with E-state index in [0.717, 1.165) is 6.08 Å². The minimum absolute atomic E-state index is 0.336. The smallest absolute Gasteiger partial charge is 0.328 e. The molecule has 2 N–H and O–H groups in total. The lowest BCUT2D eigenvalue weighted by molar-refractivity contribution is -0.131. The number of anilines is 1. The van der Waals surface area contributed by atoms with Gasteiger partial charge in [-0.25, -0.2) is 9.78 Å². The van der Waals surface area contributed by atoms with E-state index in [9.17, 15) is 9.59 Å². The van der Waals surface area contributed by atoms with Crippen molar-refractivity contribution in [3.63, 3.8) is 0 Å². The number of thiazole rings is 1. The quantitative estimate of drug-likeness (QED) is 0.831. The van der Waals surface area contributed by atoms with Gasteiger partial charge in [0.1, 0.15) is 0 Å². The molecule has 0 aliphatic rings. The van der Waals surface area contributed by atoms with Crippen LogP contribution in [-0.2, 0) is 4.79 Å². The molecule has 0 spiro atoms. The van der Waals surface area contributed by atoms with Crippen LogP contribution in [0.5, 0.6) is 0 Å². The molecule has 96 valence electrons. The van der Waals surface area contributed by atoms with E-state index >= 15 is 0 Å². The molecule has 0 radical (unpaired) electrons. The molecule has 0 aromatic carbocycles. The Labute approximate surface area is 112 Å². The summed E-state index contributed by atoms with van der Waals surface area (Å²) < 4.78 is 0. The Morgan fingerprint density at radius 3 is 2.89 bits per heavy atom. The number of nitrogens with one attached hydrogen (secondary N) is 1. The number of hydrogen-bond acceptors (Lipinski definition) is 5. The van der Waals surface area contributed by atoms with Gasteiger partial charge >= 0.3 is 5.97 Å². The molecule has 0 fully saturated rings. The van der Waals surface area contributed by atoms with Crippen LogP contribution in [0.15, 0.2) is 36.1 Å². The van der Waals surface area contributed by atoms with Crippen LogP contribution in [-0.4, -0.2) is 27.0 Å². The molecular weight excluding hydrogens is 266 g/mol. The first-order valence-corrected chi connectivity index (χ1v) is 6.10. The third-order valence-corrected chi connectivity index (χ3v) is 2.78. The molecule has 0 aliphatic heterocycles. The van der Waals surface area contributed by atoms with Gasteiger partial charge in [0.25, 0.3) is 5.91 Å². The van der Waals surface area contributed by atoms with Crippen LogP contribution in [0, 0.1) is 0 Å². The summed E-state index contributed by atoms with van der Waals surface area (Å²) in [5.41, 5.74) is 0.872. The molecule has 6 nitrogen and oxygen atoms in total. The fraction of sp³-hybridized carbons (Fsp3) is 0. The van der Waals surface area contributed by atoms with Gasteiger partial charge in [-0.15, -0.1) is 11.3 Å². The van der Waals surface area contributed by atoms with Crippen LogP contribution >= 0.6 is 11.3 Å². The van der Waals surface area contributed by atoms with Crippen LogP contribution in [0.1, 0.15) is 15.9 Å². The average molecular weight is 275 g/mol. The Balaban J connectivity index is 2.14. The van der Waals surface area contributed by atoms with Gasteiger partial charge in [0.15, 0.2) is 5.13 Å². The highest BCUT2D eigenvalue weighted by molar-refractivity contribution is 7.13. The van der Waals surface area contributed by atoms with Crippen molar-refractivity contribution < 1.29 is 14.7 Å². The van der Waals surface area contributed by atoms with Gasteiger partial charge < -0.3 is 5.11 Å². The minimum Gasteiger partial charge on any atom is -0.478 e. The molecule has 2 aromatic rings. The number of carbonyl (C=O) groups excluding carboxylic acids is 1. The lowest BCUT2D eigenvalue weighted by Crippen LogP contribution is -2.12. The van der Waals surface area contributed by atoms with E-state index in [1.165, 1.54) is 29.8 Å². The predicted molar refractivity (Wildman–Crippen MR) is 71.0 cm³/mol. The van der Waals surface area contributed by atoms with Gasteiger partial charge in [0, 0.05) is 30.0 Å². The second-order valence-corrected chi connectivity index (χ2v) is 4.36. The number of carboxylic acids is 1. The summed E-state index contributed by atoms with van der Waals surface area (Å²) in [6.45, 7) is 0. The highest BCUT2D eigenvalue weighted by atomic mass is 32.1. The zero-order valence-corrected chi connectivity index (χ0v) is 10.4. The van der Waals surface area contributed by atoms with E-state index in [-0.39, 0.29) is 5.91 Å². The summed E-state index contributed by atoms with van der Waals surface area (Å²) in [4.78, 5) is 30.1. The van der Waals surface area contributed by atoms with Gasteiger partial charge in [-0.3, -0.25) is 15.1 Å². The first kappa shape index (κ1) is 12.9. The maximum absolute atomic E-state index is 11.9. The van der Waals surface area contributed by atoms with Crippen LogP contribution in [0.3, 0.4) is 0 Å². The molecule has 0 atom stereocenters. The topological polar surface area (TPSA) is 92.2 Å². The summed E-state index contributed by atoms with van der Waals surface area (Å²) >= 11 is 1.31. The zero-order chi connectivity index (χ0) is 13.7. The Morgan fingerprint density at radius 2 is 2.21 bits per heavy atom. The first-order valence-electron chi connectivity index (χ1n) is 5.22. The van der Waals surface area contributed by atoms with Crippen molar-refractivity contribution in [2.24, 2.45) is 0 Å². The van der Waals surface area contributed by atoms with Crippen molar-refractivity contribution >= 4 is 34.4 Å². The largest absolute Gasteiger partial charge is 0.478 e. The number of rotatable bonds is 4. The van der Waals surface area contributed by atoms with Crippen LogP contribution < -0.4 is 5.32 Å². The highest BCUT2D eigenvalue weighted by Crippen LogP contribution is 2.13. The summed E-state index contributed by atoms with van der Waals surface area (Å²) in [6.07, 6.45) is 6.82. The fourth-order valence-electron chi connectivity index (χ4n) is 1.30. The van der Waals surface area contributed by atoms with Crippen molar-refractivity contribution in [2.75, 3.05) is 5.32 Å². The van der Waals surface area contributed by atoms with Crippen LogP contribution in [0.25, 0.3) is 6.08 Å². The molecule has 0 unspecified atom stereocenters. The molecule has 0 bridgehead atoms. The van der Waals surface area contributed by atoms with E-state index in [4.69, 9.17) is 5.11 Å². The summed E-state index contributed by atoms with van der Waals surface area (Å²) in [6, 6.07) is 1.55. The average Bonchev–Trinajstić information content (AvgIpc) is 2.89. The minimum atomic E-state index is -1.06. The Bertz CT molecular complexity index is 623. The Morgan fingerprint density at radius 1 is 1.37 bits per heavy atom. The molecule has 0 saturated heterocycles. The third kappa shape index (κ3) is 3.71. The molecule has 2 rings (SSSR count). The van der Waals surface area contributed by atoms with Crippen molar-refractivity contribution in [3.8, 4) is 0 Å². The van der Waals surface area contributed by atoms with E-state index in [1.807, 2.05) is 0 Å². The van der Waals surface area contributed by atoms with Gasteiger partial charge in [0.2, 0.25) is 0 Å². The maximum Gasteiger partial charge on any atom is 0.328 e. The Hall–Kier alpha value is -2.54. The normalized spacial score (nSPS) is 10.5. The zero-order valence-electron chi connectivity index (χ0n) is 9.61. The number of hydrogen-bond donors (Lipinski definition) is 2. The van der Waals surface area contributed by atoms with Crippen molar-refractivity contribution in [2.45, 2.75) is 0 Å². The molecule has 2 heterocycles. The van der Waals surface area contributed by atoms with Crippen molar-refractivity contribution in [1.82, 2.24) is 9.97 Å². The summed E-state index contributed by atoms with van der Waals surface area (Å²) in [7, 11) is 0. The number of amides is 1. The van der Waals surface area contributed by atoms with Crippen LogP contribution in [0.4, 0.5) is 5.13 Å². The number of nitrogens with zero attached hydrogens (tertiary/aromatic N) is 2. The van der Waals surface area contributed by atoms with Gasteiger partial charge in [0.05, 0.1) is 5.56 Å². The molecular formula is C12H9N3O3S. The van der Waals surface area contributed by atoms with E-state index in [1.54, 1.807) is 17.6 Å². The molecule has 7 heteroatoms.